The maximum atomic E-state index is 15.0. The van der Waals surface area contributed by atoms with Crippen molar-refractivity contribution < 1.29 is 29.0 Å². The number of hydrogen-bond donors (Lipinski definition) is 2. The number of likely N-dealkylation sites (tertiary alicyclic amines) is 1. The molecule has 6 heterocycles. The molecular formula is C46H59N7O6. The summed E-state index contributed by atoms with van der Waals surface area (Å²) in [5.74, 6) is -1.35. The van der Waals surface area contributed by atoms with Gasteiger partial charge in [-0.3, -0.25) is 23.9 Å². The van der Waals surface area contributed by atoms with Crippen LogP contribution in [-0.4, -0.2) is 131 Å². The molecule has 13 heteroatoms. The summed E-state index contributed by atoms with van der Waals surface area (Å²) in [5, 5.41) is 17.1. The summed E-state index contributed by atoms with van der Waals surface area (Å²) in [6, 6.07) is 17.2. The number of benzene rings is 2. The second-order valence-corrected chi connectivity index (χ2v) is 18.8. The van der Waals surface area contributed by atoms with Gasteiger partial charge in [-0.1, -0.05) is 75.6 Å². The van der Waals surface area contributed by atoms with Crippen molar-refractivity contribution in [2.75, 3.05) is 70.5 Å². The first-order valence-corrected chi connectivity index (χ1v) is 21.8. The third kappa shape index (κ3) is 7.65. The highest BCUT2D eigenvalue weighted by Gasteiger charge is 2.70. The first kappa shape index (κ1) is 39.7. The van der Waals surface area contributed by atoms with Crippen molar-refractivity contribution in [3.05, 3.63) is 83.7 Å². The lowest BCUT2D eigenvalue weighted by Crippen LogP contribution is -2.65. The number of rotatable bonds is 10. The number of nitrogens with zero attached hydrogens (tertiary/aromatic N) is 6. The Balaban J connectivity index is 0.974. The molecule has 59 heavy (non-hydrogen) atoms. The van der Waals surface area contributed by atoms with Gasteiger partial charge in [0.1, 0.15) is 6.04 Å². The van der Waals surface area contributed by atoms with Crippen LogP contribution in [0.2, 0.25) is 0 Å². The van der Waals surface area contributed by atoms with Crippen LogP contribution in [0.1, 0.15) is 67.4 Å². The van der Waals surface area contributed by atoms with Crippen LogP contribution in [0.25, 0.3) is 0 Å². The van der Waals surface area contributed by atoms with E-state index in [1.54, 1.807) is 22.0 Å². The highest BCUT2D eigenvalue weighted by molar-refractivity contribution is 5.96. The Morgan fingerprint density at radius 1 is 0.881 bits per heavy atom. The van der Waals surface area contributed by atoms with Crippen molar-refractivity contribution in [1.29, 1.82) is 0 Å². The Hall–Kier alpha value is -4.75. The monoisotopic (exact) mass is 805 g/mol. The maximum absolute atomic E-state index is 15.0. The molecule has 7 aliphatic rings. The van der Waals surface area contributed by atoms with Gasteiger partial charge in [0.05, 0.1) is 30.3 Å². The van der Waals surface area contributed by atoms with Gasteiger partial charge in [0, 0.05) is 94.7 Å². The Morgan fingerprint density at radius 3 is 2.32 bits per heavy atom. The fraction of sp³-hybridized carbons (Fsp3) is 0.587. The second-order valence-electron chi connectivity index (χ2n) is 18.8. The Kier molecular flexibility index (Phi) is 10.8. The lowest BCUT2D eigenvalue weighted by Gasteiger charge is -2.50. The molecule has 1 spiro atoms. The molecule has 2 saturated carbocycles. The SMILES string of the molecule is CC1(C)C2[C@@H](OCC3CCCCC3)[C@@H](C(=O)N3CCN(c4ccc(CCO)cc4)CC3)NC(=O)[C@@H]3CN(C(=O)c4cnn(Cc5ccccc5)c4)CC34CN(C4)C(=O)[C@@H]21. The molecule has 314 valence electrons. The molecule has 0 radical (unpaired) electrons. The number of aromatic nitrogens is 2. The predicted molar refractivity (Wildman–Crippen MR) is 221 cm³/mol. The van der Waals surface area contributed by atoms with Gasteiger partial charge in [0.2, 0.25) is 17.7 Å². The summed E-state index contributed by atoms with van der Waals surface area (Å²) in [5.41, 5.74) is 2.64. The lowest BCUT2D eigenvalue weighted by atomic mass is 9.71. The Bertz CT molecular complexity index is 2020. The normalized spacial score (nSPS) is 27.6. The molecule has 7 fully saturated rings. The summed E-state index contributed by atoms with van der Waals surface area (Å²) >= 11 is 0. The number of nitrogens with one attached hydrogen (secondary N) is 1. The minimum atomic E-state index is -0.971. The highest BCUT2D eigenvalue weighted by atomic mass is 16.5. The van der Waals surface area contributed by atoms with Gasteiger partial charge < -0.3 is 34.8 Å². The van der Waals surface area contributed by atoms with Gasteiger partial charge in [0.15, 0.2) is 0 Å². The molecule has 10 rings (SSSR count). The average Bonchev–Trinajstić information content (AvgIpc) is 3.55. The lowest BCUT2D eigenvalue weighted by molar-refractivity contribution is -0.151. The van der Waals surface area contributed by atoms with Crippen molar-refractivity contribution >= 4 is 29.3 Å². The van der Waals surface area contributed by atoms with E-state index >= 15 is 4.79 Å². The van der Waals surface area contributed by atoms with E-state index in [2.05, 4.69) is 41.3 Å². The van der Waals surface area contributed by atoms with E-state index in [0.29, 0.717) is 76.9 Å². The van der Waals surface area contributed by atoms with Gasteiger partial charge in [-0.15, -0.1) is 0 Å². The minimum absolute atomic E-state index is 0.0572. The van der Waals surface area contributed by atoms with Crippen molar-refractivity contribution in [3.8, 4) is 0 Å². The zero-order valence-corrected chi connectivity index (χ0v) is 34.5. The molecule has 2 N–H and O–H groups in total. The molecule has 2 aliphatic carbocycles. The molecular weight excluding hydrogens is 747 g/mol. The fourth-order valence-electron chi connectivity index (χ4n) is 11.1. The molecule has 13 nitrogen and oxygen atoms in total. The number of carbonyl (C=O) groups excluding carboxylic acids is 4. The first-order chi connectivity index (χ1) is 28.5. The largest absolute Gasteiger partial charge is 0.396 e. The van der Waals surface area contributed by atoms with Crippen molar-refractivity contribution in [2.45, 2.75) is 71.1 Å². The van der Waals surface area contributed by atoms with Gasteiger partial charge in [-0.25, -0.2) is 0 Å². The van der Waals surface area contributed by atoms with Crippen molar-refractivity contribution in [1.82, 2.24) is 29.8 Å². The molecule has 3 aromatic rings. The number of fused-ring (bicyclic) bond motifs is 3. The number of carbonyl (C=O) groups is 4. The van der Waals surface area contributed by atoms with E-state index in [0.717, 1.165) is 42.5 Å². The third-order valence-corrected chi connectivity index (χ3v) is 14.6. The fourth-order valence-corrected chi connectivity index (χ4v) is 11.1. The van der Waals surface area contributed by atoms with Crippen LogP contribution in [0.5, 0.6) is 0 Å². The van der Waals surface area contributed by atoms with E-state index in [4.69, 9.17) is 4.74 Å². The van der Waals surface area contributed by atoms with Gasteiger partial charge in [-0.05, 0) is 53.9 Å². The van der Waals surface area contributed by atoms with Crippen LogP contribution in [0.3, 0.4) is 0 Å². The Morgan fingerprint density at radius 2 is 1.61 bits per heavy atom. The van der Waals surface area contributed by atoms with Crippen LogP contribution in [0.4, 0.5) is 5.69 Å². The van der Waals surface area contributed by atoms with Crippen LogP contribution in [-0.2, 0) is 32.1 Å². The summed E-state index contributed by atoms with van der Waals surface area (Å²) in [6.07, 6.45) is 8.97. The molecule has 1 aromatic heterocycles. The Labute approximate surface area is 347 Å². The summed E-state index contributed by atoms with van der Waals surface area (Å²) in [7, 11) is 0. The smallest absolute Gasteiger partial charge is 0.257 e. The van der Waals surface area contributed by atoms with Gasteiger partial charge in [-0.2, -0.15) is 5.10 Å². The van der Waals surface area contributed by atoms with Crippen LogP contribution < -0.4 is 10.2 Å². The zero-order chi connectivity index (χ0) is 40.9. The van der Waals surface area contributed by atoms with E-state index in [9.17, 15) is 19.5 Å². The summed E-state index contributed by atoms with van der Waals surface area (Å²) < 4.78 is 8.66. The average molecular weight is 806 g/mol. The van der Waals surface area contributed by atoms with Crippen LogP contribution in [0, 0.1) is 34.5 Å². The standard InChI is InChI=1S/C46H59N7O6/c1-45(2)37-38(45)43(57)52-29-46(30-52)28-51(42(56)34-23-47-53(25-34)24-32-9-5-3-6-10-32)26-36(46)41(55)48-39(40(37)59-27-33-11-7-4-8-12-33)44(58)50-20-18-49(19-21-50)35-15-13-31(14-16-35)17-22-54/h3,5-6,9-10,13-16,23,25,33,36-40,54H,4,7-8,11-12,17-22,24,26-30H2,1-2H3,(H,48,55)/t36-,37?,38+,39-,40+/m0/s1. The molecule has 2 aromatic carbocycles. The molecule has 5 atom stereocenters. The molecule has 5 saturated heterocycles. The van der Waals surface area contributed by atoms with E-state index in [-0.39, 0.29) is 48.6 Å². The number of ether oxygens (including phenoxy) is 1. The van der Waals surface area contributed by atoms with Crippen LogP contribution >= 0.6 is 0 Å². The zero-order valence-electron chi connectivity index (χ0n) is 34.5. The minimum Gasteiger partial charge on any atom is -0.396 e. The molecule has 4 amide bonds. The first-order valence-electron chi connectivity index (χ1n) is 21.8. The highest BCUT2D eigenvalue weighted by Crippen LogP contribution is 2.63. The molecule has 2 bridgehead atoms. The molecule has 5 aliphatic heterocycles. The summed E-state index contributed by atoms with van der Waals surface area (Å²) in [4.78, 5) is 66.2. The predicted octanol–water partition coefficient (Wildman–Crippen LogP) is 3.45. The van der Waals surface area contributed by atoms with E-state index < -0.39 is 28.9 Å². The van der Waals surface area contributed by atoms with Gasteiger partial charge >= 0.3 is 0 Å². The number of aliphatic hydroxyl groups excluding tert-OH is 1. The van der Waals surface area contributed by atoms with Gasteiger partial charge in [0.25, 0.3) is 5.91 Å². The summed E-state index contributed by atoms with van der Waals surface area (Å²) in [6.45, 7) is 8.90. The number of anilines is 1. The number of hydrogen-bond acceptors (Lipinski definition) is 8. The van der Waals surface area contributed by atoms with Crippen molar-refractivity contribution in [3.63, 3.8) is 0 Å². The van der Waals surface area contributed by atoms with E-state index in [1.165, 1.54) is 6.42 Å². The maximum Gasteiger partial charge on any atom is 0.257 e. The number of aliphatic hydroxyl groups is 1. The van der Waals surface area contributed by atoms with Crippen molar-refractivity contribution in [2.24, 2.45) is 34.5 Å². The van der Waals surface area contributed by atoms with E-state index in [1.807, 2.05) is 52.3 Å². The van der Waals surface area contributed by atoms with Crippen LogP contribution in [0.15, 0.2) is 67.0 Å². The number of piperazine rings is 1. The third-order valence-electron chi connectivity index (χ3n) is 14.6. The quantitative estimate of drug-likeness (QED) is 0.318. The number of amides is 4. The second kappa shape index (κ2) is 16.0. The molecule has 1 unspecified atom stereocenters. The topological polar surface area (TPSA) is 141 Å².